The van der Waals surface area contributed by atoms with Gasteiger partial charge in [0.15, 0.2) is 4.98 Å². The number of benzene rings is 1. The second-order valence-electron chi connectivity index (χ2n) is 2.50. The first-order chi connectivity index (χ1) is 7.65. The number of carboxylic acids is 1. The Morgan fingerprint density at radius 1 is 1.47 bits per heavy atom. The summed E-state index contributed by atoms with van der Waals surface area (Å²) in [6, 6.07) is 3.90. The lowest BCUT2D eigenvalue weighted by Gasteiger charge is -1.93. The van der Waals surface area contributed by atoms with Crippen LogP contribution >= 0.6 is 11.6 Å². The summed E-state index contributed by atoms with van der Waals surface area (Å²) >= 11 is 5.55. The fourth-order valence-corrected chi connectivity index (χ4v) is 0.995. The predicted molar refractivity (Wildman–Crippen MR) is 55.5 cm³/mol. The maximum atomic E-state index is 10.4. The number of carbonyl (C=O) groups is 1. The van der Waals surface area contributed by atoms with Gasteiger partial charge in [-0.05, 0) is 6.07 Å². The Kier molecular flexibility index (Phi) is 5.49. The number of nitrogens with zero attached hydrogens (tertiary/aromatic N) is 2. The molecule has 92 valence electrons. The van der Waals surface area contributed by atoms with Gasteiger partial charge in [0.05, 0.1) is 16.7 Å². The molecule has 0 radical (unpaired) electrons. The van der Waals surface area contributed by atoms with Gasteiger partial charge in [-0.1, -0.05) is 11.6 Å². The highest BCUT2D eigenvalue weighted by atomic mass is 35.5. The van der Waals surface area contributed by atoms with Crippen molar-refractivity contribution in [3.05, 3.63) is 33.8 Å². The maximum absolute atomic E-state index is 10.4. The van der Waals surface area contributed by atoms with E-state index in [4.69, 9.17) is 39.6 Å². The third-order valence-corrected chi connectivity index (χ3v) is 1.61. The van der Waals surface area contributed by atoms with Crippen LogP contribution in [0.25, 0.3) is 4.98 Å². The second kappa shape index (κ2) is 6.12. The summed E-state index contributed by atoms with van der Waals surface area (Å²) in [5.41, 5.74) is 0.217. The fraction of sp³-hybridized carbons (Fsp3) is 0. The van der Waals surface area contributed by atoms with Crippen LogP contribution in [0.5, 0.6) is 0 Å². The number of halogens is 1. The van der Waals surface area contributed by atoms with E-state index < -0.39 is 16.4 Å². The number of hydrogen-bond donors (Lipinski definition) is 2. The summed E-state index contributed by atoms with van der Waals surface area (Å²) in [5.74, 6) is -1.11. The monoisotopic (exact) mass is 280 g/mol. The Hall–Kier alpha value is -1.73. The van der Waals surface area contributed by atoms with Crippen LogP contribution in [0.15, 0.2) is 18.2 Å². The van der Waals surface area contributed by atoms with Crippen LogP contribution in [0.3, 0.4) is 0 Å². The minimum atomic E-state index is -4.92. The minimum Gasteiger partial charge on any atom is -0.726 e. The van der Waals surface area contributed by atoms with Crippen LogP contribution in [-0.2, 0) is 10.4 Å². The molecular weight excluding hydrogens is 276 g/mol. The average Bonchev–Trinajstić information content (AvgIpc) is 2.14. The molecule has 17 heavy (non-hydrogen) atoms. The Labute approximate surface area is 101 Å². The van der Waals surface area contributed by atoms with E-state index >= 15 is 0 Å². The molecule has 0 unspecified atom stereocenters. The zero-order valence-corrected chi connectivity index (χ0v) is 9.51. The number of rotatable bonds is 1. The van der Waals surface area contributed by atoms with E-state index in [2.05, 4.69) is 4.98 Å². The van der Waals surface area contributed by atoms with Crippen molar-refractivity contribution in [1.29, 1.82) is 5.39 Å². The molecule has 0 amide bonds. The highest BCUT2D eigenvalue weighted by Crippen LogP contribution is 2.22. The van der Waals surface area contributed by atoms with Gasteiger partial charge in [0.2, 0.25) is 15.8 Å². The molecule has 1 aromatic rings. The van der Waals surface area contributed by atoms with Crippen molar-refractivity contribution in [2.24, 2.45) is 0 Å². The van der Waals surface area contributed by atoms with Crippen molar-refractivity contribution in [2.45, 2.75) is 0 Å². The summed E-state index contributed by atoms with van der Waals surface area (Å²) in [5, 5.41) is 16.9. The van der Waals surface area contributed by atoms with Gasteiger partial charge < -0.3 is 9.66 Å². The summed E-state index contributed by atoms with van der Waals surface area (Å²) < 4.78 is 32.8. The van der Waals surface area contributed by atoms with Crippen molar-refractivity contribution in [3.8, 4) is 0 Å². The zero-order chi connectivity index (χ0) is 13.6. The predicted octanol–water partition coefficient (Wildman–Crippen LogP) is 1.53. The van der Waals surface area contributed by atoms with E-state index in [1.54, 1.807) is 0 Å². The molecule has 0 aliphatic heterocycles. The molecule has 0 bridgehead atoms. The molecule has 0 atom stereocenters. The van der Waals surface area contributed by atoms with Crippen molar-refractivity contribution >= 4 is 33.7 Å². The molecule has 10 heteroatoms. The van der Waals surface area contributed by atoms with Crippen LogP contribution in [0.4, 0.5) is 5.69 Å². The summed E-state index contributed by atoms with van der Waals surface area (Å²) in [4.78, 5) is 13.3. The lowest BCUT2D eigenvalue weighted by atomic mass is 10.2. The van der Waals surface area contributed by atoms with Gasteiger partial charge in [-0.25, -0.2) is 13.2 Å². The van der Waals surface area contributed by atoms with Crippen LogP contribution in [-0.4, -0.2) is 28.6 Å². The van der Waals surface area contributed by atoms with Crippen molar-refractivity contribution in [3.63, 3.8) is 0 Å². The van der Waals surface area contributed by atoms with Gasteiger partial charge in [0.25, 0.3) is 0 Å². The van der Waals surface area contributed by atoms with E-state index in [9.17, 15) is 4.79 Å². The molecule has 1 aromatic carbocycles. The molecule has 0 saturated carbocycles. The van der Waals surface area contributed by atoms with Crippen LogP contribution in [0.1, 0.15) is 10.4 Å². The first kappa shape index (κ1) is 15.3. The smallest absolute Gasteiger partial charge is 0.386 e. The lowest BCUT2D eigenvalue weighted by Crippen LogP contribution is -1.95. The lowest BCUT2D eigenvalue weighted by molar-refractivity contribution is 0.0697. The third-order valence-electron chi connectivity index (χ3n) is 1.30. The summed E-state index contributed by atoms with van der Waals surface area (Å²) in [6.07, 6.45) is 0. The van der Waals surface area contributed by atoms with E-state index in [1.807, 2.05) is 0 Å². The zero-order valence-electron chi connectivity index (χ0n) is 7.94. The average molecular weight is 281 g/mol. The standard InChI is InChI=1S/C7H3ClN2O2.H2O4S/c8-6-3-4(10-9)1-2-5(6)7(11)12;1-5(2,3)4/h1-3H;(H2,1,2,3,4). The Morgan fingerprint density at radius 3 is 2.24 bits per heavy atom. The minimum absolute atomic E-state index is 0.0101. The van der Waals surface area contributed by atoms with E-state index in [0.717, 1.165) is 0 Å². The molecule has 0 saturated heterocycles. The van der Waals surface area contributed by atoms with Gasteiger partial charge >= 0.3 is 11.7 Å². The maximum Gasteiger partial charge on any atom is 0.386 e. The Bertz CT molecular complexity index is 556. The fourth-order valence-electron chi connectivity index (χ4n) is 0.740. The van der Waals surface area contributed by atoms with E-state index in [0.29, 0.717) is 0 Å². The quantitative estimate of drug-likeness (QED) is 0.451. The van der Waals surface area contributed by atoms with Crippen LogP contribution in [0, 0.1) is 5.39 Å². The number of aromatic carboxylic acids is 1. The second-order valence-corrected chi connectivity index (χ2v) is 3.76. The molecule has 0 aromatic heterocycles. The van der Waals surface area contributed by atoms with Crippen LogP contribution in [0.2, 0.25) is 5.02 Å². The molecule has 1 rings (SSSR count). The number of diazo groups is 1. The SMILES string of the molecule is N#[N+]c1ccc(C(=O)O)c(Cl)c1.O=S(=O)([O-])O. The van der Waals surface area contributed by atoms with E-state index in [-0.39, 0.29) is 16.3 Å². The molecule has 0 fully saturated rings. The van der Waals surface area contributed by atoms with Gasteiger partial charge in [-0.3, -0.25) is 4.55 Å². The van der Waals surface area contributed by atoms with Gasteiger partial charge in [-0.15, -0.1) is 0 Å². The largest absolute Gasteiger partial charge is 0.726 e. The highest BCUT2D eigenvalue weighted by molar-refractivity contribution is 7.79. The topological polar surface area (TPSA) is 143 Å². The molecule has 0 heterocycles. The number of hydrogen-bond acceptors (Lipinski definition) is 5. The van der Waals surface area contributed by atoms with Crippen molar-refractivity contribution < 1.29 is 27.4 Å². The summed E-state index contributed by atoms with van der Waals surface area (Å²) in [7, 11) is -4.92. The van der Waals surface area contributed by atoms with Crippen molar-refractivity contribution in [2.75, 3.05) is 0 Å². The Morgan fingerprint density at radius 2 is 1.94 bits per heavy atom. The third kappa shape index (κ3) is 7.20. The molecule has 8 nitrogen and oxygen atoms in total. The van der Waals surface area contributed by atoms with Crippen LogP contribution < -0.4 is 0 Å². The van der Waals surface area contributed by atoms with E-state index in [1.165, 1.54) is 18.2 Å². The Balaban J connectivity index is 0.000000437. The first-order valence-corrected chi connectivity index (χ1v) is 5.45. The molecule has 2 N–H and O–H groups in total. The normalized spacial score (nSPS) is 9.76. The van der Waals surface area contributed by atoms with Crippen molar-refractivity contribution in [1.82, 2.24) is 0 Å². The molecule has 0 aliphatic carbocycles. The van der Waals surface area contributed by atoms with Gasteiger partial charge in [0, 0.05) is 6.07 Å². The van der Waals surface area contributed by atoms with Gasteiger partial charge in [0.1, 0.15) is 0 Å². The molecular formula is C7H5ClN2O6S. The first-order valence-electron chi connectivity index (χ1n) is 3.71. The highest BCUT2D eigenvalue weighted by Gasteiger charge is 2.13. The van der Waals surface area contributed by atoms with Gasteiger partial charge in [-0.2, -0.15) is 0 Å². The number of carboxylic acid groups (broad SMARTS) is 1. The molecule has 0 aliphatic rings. The summed E-state index contributed by atoms with van der Waals surface area (Å²) in [6.45, 7) is 0. The molecule has 0 spiro atoms.